The van der Waals surface area contributed by atoms with Gasteiger partial charge in [0.1, 0.15) is 0 Å². The largest absolute Gasteiger partial charge is 0.360 e. The number of hydrogen-bond donors (Lipinski definition) is 1. The smallest absolute Gasteiger partial charge is 0.0540 e. The number of fused-ring (bicyclic) bond motifs is 1. The molecule has 164 valence electrons. The Labute approximate surface area is 199 Å². The first-order valence-corrected chi connectivity index (χ1v) is 12.0. The van der Waals surface area contributed by atoms with Gasteiger partial charge in [0.25, 0.3) is 0 Å². The van der Waals surface area contributed by atoms with E-state index in [1.54, 1.807) is 0 Å². The van der Waals surface area contributed by atoms with Gasteiger partial charge in [-0.15, -0.1) is 0 Å². The van der Waals surface area contributed by atoms with Gasteiger partial charge in [0.05, 0.1) is 5.69 Å². The van der Waals surface area contributed by atoms with Crippen molar-refractivity contribution in [2.24, 2.45) is 0 Å². The molecule has 33 heavy (non-hydrogen) atoms. The van der Waals surface area contributed by atoms with Crippen LogP contribution < -0.4 is 0 Å². The first-order chi connectivity index (χ1) is 16.3. The van der Waals surface area contributed by atoms with E-state index in [2.05, 4.69) is 75.7 Å². The summed E-state index contributed by atoms with van der Waals surface area (Å²) in [5, 5.41) is 0.745. The minimum atomic E-state index is 0.494. The van der Waals surface area contributed by atoms with Crippen molar-refractivity contribution in [1.82, 2.24) is 14.9 Å². The Bertz CT molecular complexity index is 1290. The molecule has 1 fully saturated rings. The number of benzene rings is 2. The highest BCUT2D eigenvalue weighted by Crippen LogP contribution is 2.42. The summed E-state index contributed by atoms with van der Waals surface area (Å²) in [4.78, 5) is 10.5. The zero-order valence-corrected chi connectivity index (χ0v) is 19.2. The van der Waals surface area contributed by atoms with E-state index in [-0.39, 0.29) is 0 Å². The van der Waals surface area contributed by atoms with Crippen LogP contribution in [0.3, 0.4) is 0 Å². The lowest BCUT2D eigenvalue weighted by molar-refractivity contribution is 0.286. The minimum absolute atomic E-state index is 0.494. The van der Waals surface area contributed by atoms with Crippen LogP contribution in [0.25, 0.3) is 28.0 Å². The molecule has 4 heterocycles. The summed E-state index contributed by atoms with van der Waals surface area (Å²) in [6.45, 7) is 2.25. The van der Waals surface area contributed by atoms with Crippen molar-refractivity contribution in [2.45, 2.75) is 24.8 Å². The Morgan fingerprint density at radius 1 is 0.939 bits per heavy atom. The van der Waals surface area contributed by atoms with E-state index in [4.69, 9.17) is 11.6 Å². The van der Waals surface area contributed by atoms with Gasteiger partial charge in [0, 0.05) is 59.4 Å². The van der Waals surface area contributed by atoms with Crippen LogP contribution in [-0.2, 0) is 0 Å². The maximum Gasteiger partial charge on any atom is 0.0540 e. The molecule has 1 N–H and O–H groups in total. The van der Waals surface area contributed by atoms with E-state index in [1.807, 2.05) is 30.6 Å². The number of aromatic nitrogens is 2. The summed E-state index contributed by atoms with van der Waals surface area (Å²) >= 11 is 6.33. The fraction of sp³-hybridized carbons (Fsp3) is 0.207. The Kier molecular flexibility index (Phi) is 5.37. The van der Waals surface area contributed by atoms with Crippen LogP contribution in [0.2, 0.25) is 5.02 Å². The van der Waals surface area contributed by atoms with Gasteiger partial charge in [-0.25, -0.2) is 0 Å². The Morgan fingerprint density at radius 3 is 2.61 bits per heavy atom. The Morgan fingerprint density at radius 2 is 1.79 bits per heavy atom. The summed E-state index contributed by atoms with van der Waals surface area (Å²) in [5.74, 6) is 0.611. The fourth-order valence-electron chi connectivity index (χ4n) is 5.50. The first-order valence-electron chi connectivity index (χ1n) is 11.6. The molecule has 2 aromatic carbocycles. The molecule has 2 aliphatic heterocycles. The van der Waals surface area contributed by atoms with Gasteiger partial charge in [-0.1, -0.05) is 60.1 Å². The normalized spacial score (nSPS) is 20.5. The highest BCUT2D eigenvalue weighted by molar-refractivity contribution is 6.30. The second kappa shape index (κ2) is 8.66. The van der Waals surface area contributed by atoms with Crippen LogP contribution in [0.1, 0.15) is 29.9 Å². The molecule has 1 saturated heterocycles. The molecule has 0 saturated carbocycles. The zero-order chi connectivity index (χ0) is 22.2. The molecule has 4 aromatic rings. The number of nitrogens with one attached hydrogen (secondary N) is 1. The summed E-state index contributed by atoms with van der Waals surface area (Å²) < 4.78 is 0. The second-order valence-corrected chi connectivity index (χ2v) is 9.48. The van der Waals surface area contributed by atoms with Gasteiger partial charge in [-0.05, 0) is 59.7 Å². The number of pyridine rings is 1. The van der Waals surface area contributed by atoms with E-state index in [1.165, 1.54) is 34.2 Å². The average Bonchev–Trinajstić information content (AvgIpc) is 3.49. The molecule has 0 aliphatic carbocycles. The molecule has 0 amide bonds. The second-order valence-electron chi connectivity index (χ2n) is 9.05. The van der Waals surface area contributed by atoms with Crippen LogP contribution in [0.15, 0.2) is 91.4 Å². The van der Waals surface area contributed by atoms with Gasteiger partial charge >= 0.3 is 0 Å². The summed E-state index contributed by atoms with van der Waals surface area (Å²) in [5.41, 5.74) is 8.80. The van der Waals surface area contributed by atoms with E-state index < -0.39 is 0 Å². The molecular weight excluding hydrogens is 426 g/mol. The van der Waals surface area contributed by atoms with Crippen molar-refractivity contribution >= 4 is 17.2 Å². The van der Waals surface area contributed by atoms with Crippen molar-refractivity contribution in [3.05, 3.63) is 108 Å². The number of halogens is 1. The Balaban J connectivity index is 1.39. The van der Waals surface area contributed by atoms with Gasteiger partial charge in [0.15, 0.2) is 0 Å². The predicted molar refractivity (Wildman–Crippen MR) is 136 cm³/mol. The van der Waals surface area contributed by atoms with Crippen LogP contribution in [0, 0.1) is 0 Å². The van der Waals surface area contributed by atoms with E-state index in [9.17, 15) is 0 Å². The summed E-state index contributed by atoms with van der Waals surface area (Å²) in [7, 11) is 0. The topological polar surface area (TPSA) is 31.9 Å². The fourth-order valence-corrected chi connectivity index (χ4v) is 5.69. The number of H-pyrrole nitrogens is 1. The number of rotatable bonds is 4. The lowest BCUT2D eigenvalue weighted by atomic mass is 9.90. The standard InChI is InChI=1S/C29H26ClN3/c30-25-8-4-7-23(15-25)29-28(21-9-12-31-13-10-21)27(18-32-29)22-11-14-33-19-24(17-26(33)16-22)20-5-2-1-3-6-20/h1-10,12-13,15-16,18,24,26,32H,11,14,17,19H2. The molecule has 4 heteroatoms. The van der Waals surface area contributed by atoms with Crippen LogP contribution >= 0.6 is 11.6 Å². The van der Waals surface area contributed by atoms with Gasteiger partial charge in [-0.2, -0.15) is 0 Å². The molecule has 6 rings (SSSR count). The molecular formula is C29H26ClN3. The van der Waals surface area contributed by atoms with Crippen LogP contribution in [0.5, 0.6) is 0 Å². The highest BCUT2D eigenvalue weighted by atomic mass is 35.5. The molecule has 3 nitrogen and oxygen atoms in total. The van der Waals surface area contributed by atoms with Gasteiger partial charge in [0.2, 0.25) is 0 Å². The quantitative estimate of drug-likeness (QED) is 0.360. The van der Waals surface area contributed by atoms with Crippen molar-refractivity contribution < 1.29 is 0 Å². The third-order valence-electron chi connectivity index (χ3n) is 7.09. The van der Waals surface area contributed by atoms with Crippen molar-refractivity contribution in [2.75, 3.05) is 13.1 Å². The van der Waals surface area contributed by atoms with E-state index in [0.717, 1.165) is 35.8 Å². The minimum Gasteiger partial charge on any atom is -0.360 e. The van der Waals surface area contributed by atoms with Crippen LogP contribution in [0.4, 0.5) is 0 Å². The lowest BCUT2D eigenvalue weighted by Crippen LogP contribution is -2.32. The molecule has 2 atom stereocenters. The Hall–Kier alpha value is -3.14. The number of nitrogens with zero attached hydrogens (tertiary/aromatic N) is 2. The molecule has 2 aromatic heterocycles. The first kappa shape index (κ1) is 20.5. The molecule has 2 unspecified atom stereocenters. The number of hydrogen-bond acceptors (Lipinski definition) is 2. The monoisotopic (exact) mass is 451 g/mol. The summed E-state index contributed by atoms with van der Waals surface area (Å²) in [6, 6.07) is 23.7. The van der Waals surface area contributed by atoms with E-state index in [0.29, 0.717) is 12.0 Å². The maximum absolute atomic E-state index is 6.33. The van der Waals surface area contributed by atoms with Crippen LogP contribution in [-0.4, -0.2) is 34.0 Å². The molecule has 0 bridgehead atoms. The molecule has 0 spiro atoms. The highest BCUT2D eigenvalue weighted by Gasteiger charge is 2.34. The third kappa shape index (κ3) is 3.92. The molecule has 2 aliphatic rings. The van der Waals surface area contributed by atoms with Gasteiger partial charge < -0.3 is 4.98 Å². The SMILES string of the molecule is Clc1cccc(-c2[nH]cc(C3=CC4CC(c5ccccc5)CN4CC3)c2-c2ccncc2)c1. The third-order valence-corrected chi connectivity index (χ3v) is 7.33. The maximum atomic E-state index is 6.33. The lowest BCUT2D eigenvalue weighted by Gasteiger charge is -2.28. The van der Waals surface area contributed by atoms with Gasteiger partial charge in [-0.3, -0.25) is 9.88 Å². The van der Waals surface area contributed by atoms with Crippen molar-refractivity contribution in [1.29, 1.82) is 0 Å². The average molecular weight is 452 g/mol. The van der Waals surface area contributed by atoms with E-state index >= 15 is 0 Å². The summed E-state index contributed by atoms with van der Waals surface area (Å²) in [6.07, 6.45) is 10.7. The number of aromatic amines is 1. The predicted octanol–water partition coefficient (Wildman–Crippen LogP) is 7.04. The zero-order valence-electron chi connectivity index (χ0n) is 18.4. The molecule has 0 radical (unpaired) electrons. The van der Waals surface area contributed by atoms with Crippen molar-refractivity contribution in [3.8, 4) is 22.4 Å². The van der Waals surface area contributed by atoms with Crippen molar-refractivity contribution in [3.63, 3.8) is 0 Å².